The van der Waals surface area contributed by atoms with E-state index in [4.69, 9.17) is 11.6 Å². The lowest BCUT2D eigenvalue weighted by molar-refractivity contribution is 0.527. The van der Waals surface area contributed by atoms with Crippen molar-refractivity contribution < 1.29 is 8.42 Å². The van der Waals surface area contributed by atoms with Crippen molar-refractivity contribution in [3.63, 3.8) is 0 Å². The van der Waals surface area contributed by atoms with Crippen molar-refractivity contribution in [1.82, 2.24) is 19.9 Å². The van der Waals surface area contributed by atoms with Crippen LogP contribution in [0.5, 0.6) is 0 Å². The second-order valence-electron chi connectivity index (χ2n) is 8.52. The van der Waals surface area contributed by atoms with Gasteiger partial charge in [0, 0.05) is 55.5 Å². The molecule has 2 aliphatic rings. The van der Waals surface area contributed by atoms with E-state index < -0.39 is 9.84 Å². The van der Waals surface area contributed by atoms with E-state index in [9.17, 15) is 8.42 Å². The van der Waals surface area contributed by atoms with Gasteiger partial charge >= 0.3 is 0 Å². The van der Waals surface area contributed by atoms with Crippen molar-refractivity contribution in [1.29, 1.82) is 0 Å². The lowest BCUT2D eigenvalue weighted by atomic mass is 9.98. The number of H-pyrrole nitrogens is 1. The molecule has 1 saturated heterocycles. The van der Waals surface area contributed by atoms with Crippen LogP contribution in [-0.4, -0.2) is 59.0 Å². The number of piperidine rings is 1. The molecule has 0 amide bonds. The van der Waals surface area contributed by atoms with Crippen LogP contribution in [-0.2, 0) is 22.8 Å². The van der Waals surface area contributed by atoms with Crippen molar-refractivity contribution in [2.24, 2.45) is 0 Å². The summed E-state index contributed by atoms with van der Waals surface area (Å²) >= 11 is 6.31. The molecule has 3 aromatic heterocycles. The predicted molar refractivity (Wildman–Crippen MR) is 123 cm³/mol. The van der Waals surface area contributed by atoms with Gasteiger partial charge in [-0.05, 0) is 31.9 Å². The number of hydrogen-bond donors (Lipinski definition) is 1. The van der Waals surface area contributed by atoms with Gasteiger partial charge in [-0.25, -0.2) is 23.4 Å². The van der Waals surface area contributed by atoms with Crippen LogP contribution in [0.2, 0.25) is 5.15 Å². The standard InChI is InChI=1S/C21H25ClN6O2S/c1-13-9-17-16(11-28(13)18-10-19(22)26-20-15(18)3-6-23-20)21(25-12-24-17)27-7-4-14(5-8-27)31(2,29)30/h3,6,10,12-14H,4-5,7-9,11H2,1-2H3,(H,23,26)/t13-/m1/s1. The van der Waals surface area contributed by atoms with E-state index in [0.717, 1.165) is 40.2 Å². The van der Waals surface area contributed by atoms with Gasteiger partial charge in [0.05, 0.1) is 16.6 Å². The highest BCUT2D eigenvalue weighted by molar-refractivity contribution is 7.91. The highest BCUT2D eigenvalue weighted by Gasteiger charge is 2.32. The molecule has 164 valence electrons. The van der Waals surface area contributed by atoms with E-state index in [1.54, 1.807) is 6.33 Å². The third-order valence-electron chi connectivity index (χ3n) is 6.49. The van der Waals surface area contributed by atoms with Crippen molar-refractivity contribution in [2.45, 2.75) is 44.0 Å². The minimum Gasteiger partial charge on any atom is -0.363 e. The Bertz CT molecular complexity index is 1240. The Morgan fingerprint density at radius 3 is 2.74 bits per heavy atom. The maximum atomic E-state index is 11.9. The Labute approximate surface area is 186 Å². The molecule has 0 saturated carbocycles. The second-order valence-corrected chi connectivity index (χ2v) is 11.2. The zero-order valence-corrected chi connectivity index (χ0v) is 19.1. The molecule has 1 fully saturated rings. The number of aromatic nitrogens is 4. The Kier molecular flexibility index (Phi) is 5.05. The topological polar surface area (TPSA) is 95.1 Å². The Morgan fingerprint density at radius 2 is 2.00 bits per heavy atom. The van der Waals surface area contributed by atoms with Gasteiger partial charge < -0.3 is 14.8 Å². The molecule has 0 unspecified atom stereocenters. The van der Waals surface area contributed by atoms with Crippen LogP contribution in [0.3, 0.4) is 0 Å². The van der Waals surface area contributed by atoms with Gasteiger partial charge in [0.2, 0.25) is 0 Å². The monoisotopic (exact) mass is 460 g/mol. The number of aromatic amines is 1. The molecular weight excluding hydrogens is 436 g/mol. The molecule has 1 atom stereocenters. The average molecular weight is 461 g/mol. The van der Waals surface area contributed by atoms with Crippen LogP contribution in [0.25, 0.3) is 11.0 Å². The predicted octanol–water partition coefficient (Wildman–Crippen LogP) is 2.97. The smallest absolute Gasteiger partial charge is 0.150 e. The Balaban J connectivity index is 1.48. The van der Waals surface area contributed by atoms with Gasteiger partial charge in [0.15, 0.2) is 0 Å². The van der Waals surface area contributed by atoms with Crippen molar-refractivity contribution in [3.05, 3.63) is 41.1 Å². The first kappa shape index (κ1) is 20.5. The van der Waals surface area contributed by atoms with Crippen LogP contribution >= 0.6 is 11.6 Å². The fourth-order valence-corrected chi connectivity index (χ4v) is 6.07. The van der Waals surface area contributed by atoms with Crippen molar-refractivity contribution in [2.75, 3.05) is 29.1 Å². The molecule has 8 nitrogen and oxygen atoms in total. The maximum Gasteiger partial charge on any atom is 0.150 e. The molecule has 5 heterocycles. The third kappa shape index (κ3) is 3.74. The molecule has 31 heavy (non-hydrogen) atoms. The fourth-order valence-electron chi connectivity index (χ4n) is 4.81. The largest absolute Gasteiger partial charge is 0.363 e. The number of rotatable bonds is 3. The van der Waals surface area contributed by atoms with E-state index in [2.05, 4.69) is 36.7 Å². The zero-order chi connectivity index (χ0) is 21.8. The Hall–Kier alpha value is -2.39. The molecular formula is C21H25ClN6O2S. The zero-order valence-electron chi connectivity index (χ0n) is 17.5. The number of sulfone groups is 1. The molecule has 5 rings (SSSR count). The van der Waals surface area contributed by atoms with Gasteiger partial charge in [0.25, 0.3) is 0 Å². The molecule has 2 aliphatic heterocycles. The van der Waals surface area contributed by atoms with Gasteiger partial charge in [-0.2, -0.15) is 0 Å². The van der Waals surface area contributed by atoms with E-state index in [0.29, 0.717) is 37.6 Å². The third-order valence-corrected chi connectivity index (χ3v) is 8.37. The van der Waals surface area contributed by atoms with Crippen molar-refractivity contribution >= 4 is 44.0 Å². The molecule has 0 bridgehead atoms. The highest BCUT2D eigenvalue weighted by atomic mass is 35.5. The number of anilines is 2. The van der Waals surface area contributed by atoms with Gasteiger partial charge in [-0.15, -0.1) is 0 Å². The molecule has 0 radical (unpaired) electrons. The summed E-state index contributed by atoms with van der Waals surface area (Å²) in [5.74, 6) is 0.916. The first-order valence-corrected chi connectivity index (χ1v) is 12.8. The summed E-state index contributed by atoms with van der Waals surface area (Å²) in [5, 5.41) is 1.22. The van der Waals surface area contributed by atoms with E-state index in [1.165, 1.54) is 6.26 Å². The van der Waals surface area contributed by atoms with E-state index >= 15 is 0 Å². The lowest BCUT2D eigenvalue weighted by Gasteiger charge is -2.39. The van der Waals surface area contributed by atoms with Crippen LogP contribution in [0.15, 0.2) is 24.7 Å². The SMILES string of the molecule is C[C@@H]1Cc2ncnc(N3CCC(S(C)(=O)=O)CC3)c2CN1c1cc(Cl)nc2[nH]ccc12. The second kappa shape index (κ2) is 7.63. The first-order valence-electron chi connectivity index (χ1n) is 10.5. The van der Waals surface area contributed by atoms with Crippen LogP contribution in [0.1, 0.15) is 31.0 Å². The molecule has 1 N–H and O–H groups in total. The molecule has 3 aromatic rings. The Morgan fingerprint density at radius 1 is 1.23 bits per heavy atom. The summed E-state index contributed by atoms with van der Waals surface area (Å²) in [4.78, 5) is 21.3. The van der Waals surface area contributed by atoms with Gasteiger partial charge in [0.1, 0.15) is 32.8 Å². The minimum atomic E-state index is -3.01. The lowest BCUT2D eigenvalue weighted by Crippen LogP contribution is -2.43. The number of hydrogen-bond acceptors (Lipinski definition) is 7. The maximum absolute atomic E-state index is 11.9. The average Bonchev–Trinajstić information content (AvgIpc) is 3.20. The van der Waals surface area contributed by atoms with Crippen LogP contribution in [0, 0.1) is 0 Å². The van der Waals surface area contributed by atoms with Crippen LogP contribution in [0.4, 0.5) is 11.5 Å². The van der Waals surface area contributed by atoms with Gasteiger partial charge in [-0.3, -0.25) is 0 Å². The van der Waals surface area contributed by atoms with E-state index in [1.807, 2.05) is 18.3 Å². The number of halogens is 1. The highest BCUT2D eigenvalue weighted by Crippen LogP contribution is 2.36. The summed E-state index contributed by atoms with van der Waals surface area (Å²) in [6.45, 7) is 4.22. The number of nitrogens with zero attached hydrogens (tertiary/aromatic N) is 5. The number of pyridine rings is 1. The number of nitrogens with one attached hydrogen (secondary N) is 1. The minimum absolute atomic E-state index is 0.239. The molecule has 0 aliphatic carbocycles. The molecule has 0 spiro atoms. The summed E-state index contributed by atoms with van der Waals surface area (Å²) in [6, 6.07) is 4.18. The van der Waals surface area contributed by atoms with Crippen molar-refractivity contribution in [3.8, 4) is 0 Å². The summed E-state index contributed by atoms with van der Waals surface area (Å²) < 4.78 is 23.9. The number of fused-ring (bicyclic) bond motifs is 2. The normalized spacial score (nSPS) is 20.3. The fraction of sp³-hybridized carbons (Fsp3) is 0.476. The first-order chi connectivity index (χ1) is 14.8. The molecule has 0 aromatic carbocycles. The van der Waals surface area contributed by atoms with E-state index in [-0.39, 0.29) is 11.3 Å². The van der Waals surface area contributed by atoms with Crippen LogP contribution < -0.4 is 9.80 Å². The summed E-state index contributed by atoms with van der Waals surface area (Å²) in [6.07, 6.45) is 6.90. The van der Waals surface area contributed by atoms with Gasteiger partial charge in [-0.1, -0.05) is 11.6 Å². The molecule has 10 heteroatoms. The summed E-state index contributed by atoms with van der Waals surface area (Å²) in [5.41, 5.74) is 3.98. The quantitative estimate of drug-likeness (QED) is 0.600. The summed E-state index contributed by atoms with van der Waals surface area (Å²) in [7, 11) is -3.01.